The molecule has 0 unspecified atom stereocenters. The number of aromatic hydroxyl groups is 1. The van der Waals surface area contributed by atoms with Crippen LogP contribution in [-0.2, 0) is 6.42 Å². The second-order valence-electron chi connectivity index (χ2n) is 5.87. The number of hydrogen-bond acceptors (Lipinski definition) is 2. The van der Waals surface area contributed by atoms with E-state index in [0.717, 1.165) is 17.5 Å². The van der Waals surface area contributed by atoms with Crippen molar-refractivity contribution in [2.75, 3.05) is 0 Å². The van der Waals surface area contributed by atoms with E-state index in [4.69, 9.17) is 0 Å². The van der Waals surface area contributed by atoms with Crippen LogP contribution in [0.2, 0.25) is 0 Å². The fourth-order valence-electron chi connectivity index (χ4n) is 3.14. The number of aryl methyl sites for hydroxylation is 1. The molecule has 4 aromatic rings. The number of benzene rings is 3. The Hall–Kier alpha value is -2.58. The Morgan fingerprint density at radius 3 is 1.88 bits per heavy atom. The molecule has 0 spiro atoms. The molecule has 0 aliphatic heterocycles. The lowest BCUT2D eigenvalue weighted by Crippen LogP contribution is -1.83. The van der Waals surface area contributed by atoms with Gasteiger partial charge in [-0.05, 0) is 41.3 Å². The molecule has 0 saturated carbocycles. The lowest BCUT2D eigenvalue weighted by atomic mass is 9.98. The van der Waals surface area contributed by atoms with E-state index in [1.165, 1.54) is 26.1 Å². The SMILES string of the molecule is CC.CCc1sc2ccccc2c1-c1ccc(-c2ccc(O)cc2)cc1. The normalized spacial score (nSPS) is 10.4. The molecule has 1 aromatic heterocycles. The maximum Gasteiger partial charge on any atom is 0.115 e. The van der Waals surface area contributed by atoms with E-state index in [9.17, 15) is 5.11 Å². The zero-order valence-electron chi connectivity index (χ0n) is 15.5. The Balaban J connectivity index is 0.000000948. The highest BCUT2D eigenvalue weighted by atomic mass is 32.1. The maximum absolute atomic E-state index is 9.43. The van der Waals surface area contributed by atoms with Crippen LogP contribution >= 0.6 is 11.3 Å². The Labute approximate surface area is 159 Å². The highest BCUT2D eigenvalue weighted by Crippen LogP contribution is 2.39. The van der Waals surface area contributed by atoms with Gasteiger partial charge < -0.3 is 5.11 Å². The third-order valence-electron chi connectivity index (χ3n) is 4.36. The van der Waals surface area contributed by atoms with Crippen LogP contribution < -0.4 is 0 Å². The third kappa shape index (κ3) is 3.51. The topological polar surface area (TPSA) is 20.2 Å². The lowest BCUT2D eigenvalue weighted by molar-refractivity contribution is 0.475. The number of phenolic OH excluding ortho intramolecular Hbond substituents is 1. The van der Waals surface area contributed by atoms with Gasteiger partial charge in [-0.15, -0.1) is 11.3 Å². The molecule has 132 valence electrons. The number of phenols is 1. The predicted molar refractivity (Wildman–Crippen MR) is 115 cm³/mol. The molecule has 3 aromatic carbocycles. The summed E-state index contributed by atoms with van der Waals surface area (Å²) in [4.78, 5) is 1.44. The van der Waals surface area contributed by atoms with Gasteiger partial charge in [-0.25, -0.2) is 0 Å². The van der Waals surface area contributed by atoms with E-state index in [-0.39, 0.29) is 0 Å². The summed E-state index contributed by atoms with van der Waals surface area (Å²) in [5, 5.41) is 10.8. The van der Waals surface area contributed by atoms with Crippen molar-refractivity contribution in [1.29, 1.82) is 0 Å². The second kappa shape index (κ2) is 8.20. The first kappa shape index (κ1) is 18.2. The van der Waals surface area contributed by atoms with Gasteiger partial charge in [0, 0.05) is 20.5 Å². The molecular formula is C24H24OS. The van der Waals surface area contributed by atoms with Gasteiger partial charge in [0.25, 0.3) is 0 Å². The fraction of sp³-hybridized carbons (Fsp3) is 0.167. The van der Waals surface area contributed by atoms with Crippen molar-refractivity contribution in [1.82, 2.24) is 0 Å². The summed E-state index contributed by atoms with van der Waals surface area (Å²) >= 11 is 1.89. The van der Waals surface area contributed by atoms with Crippen molar-refractivity contribution in [2.24, 2.45) is 0 Å². The molecule has 0 radical (unpaired) electrons. The summed E-state index contributed by atoms with van der Waals surface area (Å²) in [5.41, 5.74) is 4.92. The van der Waals surface area contributed by atoms with Gasteiger partial charge in [0.1, 0.15) is 5.75 Å². The molecule has 2 heteroatoms. The Kier molecular flexibility index (Phi) is 5.75. The largest absolute Gasteiger partial charge is 0.508 e. The number of thiophene rings is 1. The summed E-state index contributed by atoms with van der Waals surface area (Å²) in [5.74, 6) is 0.299. The Morgan fingerprint density at radius 2 is 1.27 bits per heavy atom. The lowest BCUT2D eigenvalue weighted by Gasteiger charge is -2.07. The zero-order chi connectivity index (χ0) is 18.5. The smallest absolute Gasteiger partial charge is 0.115 e. The molecule has 0 atom stereocenters. The van der Waals surface area contributed by atoms with Crippen LogP contribution in [0.1, 0.15) is 25.6 Å². The summed E-state index contributed by atoms with van der Waals surface area (Å²) < 4.78 is 1.35. The van der Waals surface area contributed by atoms with Crippen molar-refractivity contribution >= 4 is 21.4 Å². The van der Waals surface area contributed by atoms with E-state index in [1.807, 2.05) is 37.3 Å². The molecule has 1 nitrogen and oxygen atoms in total. The van der Waals surface area contributed by atoms with Crippen molar-refractivity contribution in [2.45, 2.75) is 27.2 Å². The van der Waals surface area contributed by atoms with Crippen molar-refractivity contribution in [3.63, 3.8) is 0 Å². The molecular weight excluding hydrogens is 336 g/mol. The van der Waals surface area contributed by atoms with Gasteiger partial charge in [-0.1, -0.05) is 75.4 Å². The van der Waals surface area contributed by atoms with E-state index < -0.39 is 0 Å². The second-order valence-corrected chi connectivity index (χ2v) is 7.01. The monoisotopic (exact) mass is 360 g/mol. The standard InChI is InChI=1S/C22H18OS.C2H6/c1-2-20-22(19-5-3-4-6-21(19)24-20)17-9-7-15(8-10-17)16-11-13-18(23)14-12-16;1-2/h3-14,23H,2H2,1H3;1-2H3. The van der Waals surface area contributed by atoms with Crippen LogP contribution in [0.15, 0.2) is 72.8 Å². The molecule has 1 heterocycles. The average Bonchev–Trinajstić information content (AvgIpc) is 3.09. The van der Waals surface area contributed by atoms with Crippen LogP contribution in [-0.4, -0.2) is 5.11 Å². The summed E-state index contributed by atoms with van der Waals surface area (Å²) in [6, 6.07) is 24.7. The number of fused-ring (bicyclic) bond motifs is 1. The molecule has 0 saturated heterocycles. The molecule has 0 bridgehead atoms. The van der Waals surface area contributed by atoms with Crippen LogP contribution in [0.5, 0.6) is 5.75 Å². The van der Waals surface area contributed by atoms with Gasteiger partial charge in [0.2, 0.25) is 0 Å². The van der Waals surface area contributed by atoms with Crippen LogP contribution in [0, 0.1) is 0 Å². The fourth-order valence-corrected chi connectivity index (χ4v) is 4.31. The van der Waals surface area contributed by atoms with E-state index in [2.05, 4.69) is 55.5 Å². The minimum Gasteiger partial charge on any atom is -0.508 e. The van der Waals surface area contributed by atoms with Gasteiger partial charge in [0.15, 0.2) is 0 Å². The Morgan fingerprint density at radius 1 is 0.731 bits per heavy atom. The molecule has 0 amide bonds. The first-order valence-electron chi connectivity index (χ1n) is 9.16. The molecule has 1 N–H and O–H groups in total. The summed E-state index contributed by atoms with van der Waals surface area (Å²) in [6.07, 6.45) is 1.05. The maximum atomic E-state index is 9.43. The van der Waals surface area contributed by atoms with Crippen molar-refractivity contribution in [3.05, 3.63) is 77.7 Å². The minimum atomic E-state index is 0.299. The number of hydrogen-bond donors (Lipinski definition) is 1. The van der Waals surface area contributed by atoms with E-state index in [0.29, 0.717) is 5.75 Å². The Bertz CT molecular complexity index is 979. The first-order chi connectivity index (χ1) is 12.8. The van der Waals surface area contributed by atoms with Crippen LogP contribution in [0.4, 0.5) is 0 Å². The van der Waals surface area contributed by atoms with Gasteiger partial charge in [0.05, 0.1) is 0 Å². The number of rotatable bonds is 3. The quantitative estimate of drug-likeness (QED) is 0.400. The predicted octanol–water partition coefficient (Wildman–Crippen LogP) is 7.53. The highest BCUT2D eigenvalue weighted by molar-refractivity contribution is 7.19. The first-order valence-corrected chi connectivity index (χ1v) is 9.98. The molecule has 0 fully saturated rings. The van der Waals surface area contributed by atoms with Crippen LogP contribution in [0.25, 0.3) is 32.3 Å². The third-order valence-corrected chi connectivity index (χ3v) is 5.68. The molecule has 0 aliphatic carbocycles. The highest BCUT2D eigenvalue weighted by Gasteiger charge is 2.12. The summed E-state index contributed by atoms with van der Waals surface area (Å²) in [6.45, 7) is 6.22. The van der Waals surface area contributed by atoms with E-state index in [1.54, 1.807) is 12.1 Å². The average molecular weight is 361 g/mol. The summed E-state index contributed by atoms with van der Waals surface area (Å²) in [7, 11) is 0. The van der Waals surface area contributed by atoms with Crippen LogP contribution in [0.3, 0.4) is 0 Å². The van der Waals surface area contributed by atoms with Gasteiger partial charge in [-0.2, -0.15) is 0 Å². The van der Waals surface area contributed by atoms with Gasteiger partial charge in [-0.3, -0.25) is 0 Å². The minimum absolute atomic E-state index is 0.299. The molecule has 0 aliphatic rings. The molecule has 4 rings (SSSR count). The molecule has 26 heavy (non-hydrogen) atoms. The van der Waals surface area contributed by atoms with Gasteiger partial charge >= 0.3 is 0 Å². The van der Waals surface area contributed by atoms with Crippen molar-refractivity contribution in [3.8, 4) is 28.0 Å². The van der Waals surface area contributed by atoms with E-state index >= 15 is 0 Å². The zero-order valence-corrected chi connectivity index (χ0v) is 16.3. The van der Waals surface area contributed by atoms with Crippen molar-refractivity contribution < 1.29 is 5.11 Å².